The van der Waals surface area contributed by atoms with Crippen molar-refractivity contribution in [2.75, 3.05) is 32.7 Å². The van der Waals surface area contributed by atoms with E-state index < -0.39 is 5.67 Å². The van der Waals surface area contributed by atoms with Crippen molar-refractivity contribution in [3.05, 3.63) is 0 Å². The van der Waals surface area contributed by atoms with Gasteiger partial charge in [-0.2, -0.15) is 0 Å². The second-order valence-corrected chi connectivity index (χ2v) is 5.41. The van der Waals surface area contributed by atoms with E-state index in [1.165, 1.54) is 0 Å². The summed E-state index contributed by atoms with van der Waals surface area (Å²) in [5, 5.41) is 0. The lowest BCUT2D eigenvalue weighted by Crippen LogP contribution is -2.53. The van der Waals surface area contributed by atoms with E-state index in [0.717, 1.165) is 45.4 Å². The molecule has 88 valence electrons. The van der Waals surface area contributed by atoms with Gasteiger partial charge in [-0.3, -0.25) is 9.80 Å². The molecule has 2 fully saturated rings. The molecule has 1 saturated heterocycles. The van der Waals surface area contributed by atoms with Crippen LogP contribution in [0.2, 0.25) is 0 Å². The number of piperazine rings is 1. The van der Waals surface area contributed by atoms with Crippen molar-refractivity contribution < 1.29 is 4.39 Å². The first-order chi connectivity index (χ1) is 7.09. The number of hydrogen-bond acceptors (Lipinski definition) is 2. The van der Waals surface area contributed by atoms with Crippen molar-refractivity contribution in [3.63, 3.8) is 0 Å². The summed E-state index contributed by atoms with van der Waals surface area (Å²) < 4.78 is 13.9. The van der Waals surface area contributed by atoms with Gasteiger partial charge >= 0.3 is 0 Å². The molecule has 1 aliphatic heterocycles. The van der Waals surface area contributed by atoms with Crippen molar-refractivity contribution in [2.45, 2.75) is 44.8 Å². The van der Waals surface area contributed by atoms with Crippen LogP contribution in [0.25, 0.3) is 0 Å². The number of alkyl halides is 1. The molecule has 0 amide bonds. The van der Waals surface area contributed by atoms with E-state index in [9.17, 15) is 4.39 Å². The van der Waals surface area contributed by atoms with Crippen molar-refractivity contribution in [1.82, 2.24) is 9.80 Å². The molecule has 2 aliphatic rings. The highest BCUT2D eigenvalue weighted by Crippen LogP contribution is 2.36. The van der Waals surface area contributed by atoms with E-state index in [1.807, 2.05) is 0 Å². The van der Waals surface area contributed by atoms with Gasteiger partial charge in [0.15, 0.2) is 0 Å². The van der Waals surface area contributed by atoms with Crippen LogP contribution in [0.4, 0.5) is 4.39 Å². The zero-order valence-electron chi connectivity index (χ0n) is 10.0. The number of halogens is 1. The fourth-order valence-electron chi connectivity index (χ4n) is 2.56. The van der Waals surface area contributed by atoms with E-state index in [0.29, 0.717) is 12.6 Å². The zero-order valence-corrected chi connectivity index (χ0v) is 10.0. The summed E-state index contributed by atoms with van der Waals surface area (Å²) in [6.07, 6.45) is 2.66. The van der Waals surface area contributed by atoms with Crippen LogP contribution < -0.4 is 0 Å². The van der Waals surface area contributed by atoms with Gasteiger partial charge in [0.25, 0.3) is 0 Å². The van der Waals surface area contributed by atoms with Crippen molar-refractivity contribution in [3.8, 4) is 0 Å². The summed E-state index contributed by atoms with van der Waals surface area (Å²) in [7, 11) is 0. The Labute approximate surface area is 92.4 Å². The Hall–Kier alpha value is -0.150. The molecule has 1 aliphatic carbocycles. The van der Waals surface area contributed by atoms with E-state index in [1.54, 1.807) is 0 Å². The average molecular weight is 214 g/mol. The van der Waals surface area contributed by atoms with Gasteiger partial charge in [-0.05, 0) is 33.1 Å². The van der Waals surface area contributed by atoms with E-state index in [4.69, 9.17) is 0 Å². The van der Waals surface area contributed by atoms with Gasteiger partial charge in [0, 0.05) is 38.8 Å². The molecule has 1 heterocycles. The molecule has 0 unspecified atom stereocenters. The minimum Gasteiger partial charge on any atom is -0.298 e. The van der Waals surface area contributed by atoms with Crippen LogP contribution in [0.3, 0.4) is 0 Å². The summed E-state index contributed by atoms with van der Waals surface area (Å²) in [6, 6.07) is 0.634. The van der Waals surface area contributed by atoms with Gasteiger partial charge in [0.05, 0.1) is 0 Å². The Kier molecular flexibility index (Phi) is 3.31. The topological polar surface area (TPSA) is 6.48 Å². The maximum absolute atomic E-state index is 13.9. The van der Waals surface area contributed by atoms with E-state index >= 15 is 0 Å². The van der Waals surface area contributed by atoms with E-state index in [2.05, 4.69) is 23.6 Å². The lowest BCUT2D eigenvalue weighted by atomic mass is 9.81. The predicted molar refractivity (Wildman–Crippen MR) is 60.8 cm³/mol. The van der Waals surface area contributed by atoms with Crippen LogP contribution in [0, 0.1) is 0 Å². The molecule has 0 spiro atoms. The number of hydrogen-bond donors (Lipinski definition) is 0. The maximum atomic E-state index is 13.9. The molecule has 0 atom stereocenters. The van der Waals surface area contributed by atoms with Gasteiger partial charge in [-0.15, -0.1) is 0 Å². The first-order valence-electron chi connectivity index (χ1n) is 6.24. The maximum Gasteiger partial charge on any atom is 0.123 e. The van der Waals surface area contributed by atoms with Gasteiger partial charge in [-0.25, -0.2) is 4.39 Å². The number of nitrogens with zero attached hydrogens (tertiary/aromatic N) is 2. The summed E-state index contributed by atoms with van der Waals surface area (Å²) in [4.78, 5) is 4.78. The fraction of sp³-hybridized carbons (Fsp3) is 1.00. The molecule has 1 saturated carbocycles. The smallest absolute Gasteiger partial charge is 0.123 e. The first kappa shape index (κ1) is 11.3. The zero-order chi connectivity index (χ0) is 10.9. The summed E-state index contributed by atoms with van der Waals surface area (Å²) in [5.74, 6) is 0. The standard InChI is InChI=1S/C12H23FN2/c1-11(2)15-8-6-14(7-9-15)10-12(13)4-3-5-12/h11H,3-10H2,1-2H3. The van der Waals surface area contributed by atoms with Crippen LogP contribution in [-0.2, 0) is 0 Å². The molecule has 0 N–H and O–H groups in total. The van der Waals surface area contributed by atoms with Crippen LogP contribution >= 0.6 is 0 Å². The van der Waals surface area contributed by atoms with Crippen LogP contribution in [0.1, 0.15) is 33.1 Å². The third kappa shape index (κ3) is 2.70. The molecule has 0 aromatic rings. The highest BCUT2D eigenvalue weighted by atomic mass is 19.1. The Morgan fingerprint density at radius 3 is 2.13 bits per heavy atom. The Morgan fingerprint density at radius 1 is 1.13 bits per heavy atom. The van der Waals surface area contributed by atoms with Crippen LogP contribution in [0.5, 0.6) is 0 Å². The van der Waals surface area contributed by atoms with Gasteiger partial charge in [0.2, 0.25) is 0 Å². The second kappa shape index (κ2) is 4.38. The highest BCUT2D eigenvalue weighted by Gasteiger charge is 2.39. The van der Waals surface area contributed by atoms with Crippen LogP contribution in [-0.4, -0.2) is 54.2 Å². The Balaban J connectivity index is 1.73. The van der Waals surface area contributed by atoms with Gasteiger partial charge in [0.1, 0.15) is 5.67 Å². The fourth-order valence-corrected chi connectivity index (χ4v) is 2.56. The second-order valence-electron chi connectivity index (χ2n) is 5.41. The largest absolute Gasteiger partial charge is 0.298 e. The normalized spacial score (nSPS) is 28.0. The molecule has 0 bridgehead atoms. The molecule has 0 aromatic carbocycles. The third-order valence-corrected chi connectivity index (χ3v) is 3.89. The molecule has 2 rings (SSSR count). The molecule has 0 aromatic heterocycles. The Bertz CT molecular complexity index is 206. The Morgan fingerprint density at radius 2 is 1.73 bits per heavy atom. The summed E-state index contributed by atoms with van der Waals surface area (Å²) in [5.41, 5.74) is -0.833. The lowest BCUT2D eigenvalue weighted by Gasteiger charge is -2.42. The molecular weight excluding hydrogens is 191 g/mol. The van der Waals surface area contributed by atoms with Gasteiger partial charge < -0.3 is 0 Å². The minimum atomic E-state index is -0.833. The minimum absolute atomic E-state index is 0.634. The first-order valence-corrected chi connectivity index (χ1v) is 6.24. The summed E-state index contributed by atoms with van der Waals surface area (Å²) >= 11 is 0. The van der Waals surface area contributed by atoms with E-state index in [-0.39, 0.29) is 0 Å². The highest BCUT2D eigenvalue weighted by molar-refractivity contribution is 4.92. The van der Waals surface area contributed by atoms with Crippen molar-refractivity contribution >= 4 is 0 Å². The lowest BCUT2D eigenvalue weighted by molar-refractivity contribution is 0.000857. The molecular formula is C12H23FN2. The number of rotatable bonds is 3. The quantitative estimate of drug-likeness (QED) is 0.708. The average Bonchev–Trinajstić information content (AvgIpc) is 2.16. The van der Waals surface area contributed by atoms with Gasteiger partial charge in [-0.1, -0.05) is 0 Å². The molecule has 2 nitrogen and oxygen atoms in total. The van der Waals surface area contributed by atoms with Crippen molar-refractivity contribution in [2.24, 2.45) is 0 Å². The van der Waals surface area contributed by atoms with Crippen molar-refractivity contribution in [1.29, 1.82) is 0 Å². The SMILES string of the molecule is CC(C)N1CCN(CC2(F)CCC2)CC1. The summed E-state index contributed by atoms with van der Waals surface area (Å²) in [6.45, 7) is 9.45. The van der Waals surface area contributed by atoms with Crippen LogP contribution in [0.15, 0.2) is 0 Å². The third-order valence-electron chi connectivity index (χ3n) is 3.89. The predicted octanol–water partition coefficient (Wildman–Crippen LogP) is 1.90. The molecule has 0 radical (unpaired) electrons. The monoisotopic (exact) mass is 214 g/mol. The molecule has 3 heteroatoms. The molecule has 15 heavy (non-hydrogen) atoms.